The van der Waals surface area contributed by atoms with Gasteiger partial charge < -0.3 is 9.47 Å². The predicted molar refractivity (Wildman–Crippen MR) is 45.1 cm³/mol. The van der Waals surface area contributed by atoms with E-state index in [-0.39, 0.29) is 18.8 Å². The highest BCUT2D eigenvalue weighted by Crippen LogP contribution is 2.39. The van der Waals surface area contributed by atoms with E-state index in [1.54, 1.807) is 0 Å². The zero-order valence-electron chi connectivity index (χ0n) is 8.19. The van der Waals surface area contributed by atoms with Crippen LogP contribution in [-0.2, 0) is 14.3 Å². The van der Waals surface area contributed by atoms with Crippen molar-refractivity contribution in [3.8, 4) is 0 Å². The number of halogens is 3. The van der Waals surface area contributed by atoms with Gasteiger partial charge in [-0.15, -0.1) is 0 Å². The van der Waals surface area contributed by atoms with E-state index < -0.39 is 24.2 Å². The second-order valence-corrected chi connectivity index (χ2v) is 3.62. The molecule has 1 rings (SSSR count). The van der Waals surface area contributed by atoms with Crippen molar-refractivity contribution < 1.29 is 27.4 Å². The highest BCUT2D eigenvalue weighted by molar-refractivity contribution is 5.86. The molecule has 0 spiro atoms. The van der Waals surface area contributed by atoms with Crippen molar-refractivity contribution in [2.45, 2.75) is 25.1 Å². The van der Waals surface area contributed by atoms with Crippen molar-refractivity contribution in [3.05, 3.63) is 12.2 Å². The average molecular weight is 224 g/mol. The Bertz CT molecular complexity index is 279. The number of rotatable bonds is 4. The summed E-state index contributed by atoms with van der Waals surface area (Å²) in [6.07, 6.45) is -5.41. The summed E-state index contributed by atoms with van der Waals surface area (Å²) < 4.78 is 45.4. The Morgan fingerprint density at radius 1 is 1.60 bits per heavy atom. The van der Waals surface area contributed by atoms with E-state index in [4.69, 9.17) is 0 Å². The van der Waals surface area contributed by atoms with Crippen LogP contribution in [0, 0.1) is 0 Å². The van der Waals surface area contributed by atoms with Crippen LogP contribution in [0.3, 0.4) is 0 Å². The van der Waals surface area contributed by atoms with Gasteiger partial charge in [0.15, 0.2) is 0 Å². The first-order valence-corrected chi connectivity index (χ1v) is 4.27. The van der Waals surface area contributed by atoms with Gasteiger partial charge in [-0.2, -0.15) is 13.2 Å². The van der Waals surface area contributed by atoms with Crippen molar-refractivity contribution in [2.75, 3.05) is 13.2 Å². The van der Waals surface area contributed by atoms with E-state index in [1.807, 2.05) is 0 Å². The maximum Gasteiger partial charge on any atom is 0.392 e. The number of esters is 1. The van der Waals surface area contributed by atoms with Gasteiger partial charge in [0.25, 0.3) is 0 Å². The van der Waals surface area contributed by atoms with E-state index in [0.29, 0.717) is 0 Å². The Balaban J connectivity index is 2.39. The van der Waals surface area contributed by atoms with Gasteiger partial charge in [0.2, 0.25) is 0 Å². The summed E-state index contributed by atoms with van der Waals surface area (Å²) in [7, 11) is 0. The molecule has 1 saturated heterocycles. The molecule has 0 bridgehead atoms. The molecule has 0 aliphatic carbocycles. The summed E-state index contributed by atoms with van der Waals surface area (Å²) in [5.74, 6) is -0.702. The summed E-state index contributed by atoms with van der Waals surface area (Å²) in [6.45, 7) is 4.33. The molecule has 0 amide bonds. The van der Waals surface area contributed by atoms with Crippen LogP contribution < -0.4 is 0 Å². The summed E-state index contributed by atoms with van der Waals surface area (Å²) in [4.78, 5) is 10.9. The Labute approximate surface area is 84.8 Å². The highest BCUT2D eigenvalue weighted by atomic mass is 19.4. The Morgan fingerprint density at radius 2 is 2.13 bits per heavy atom. The van der Waals surface area contributed by atoms with Crippen molar-refractivity contribution in [3.63, 3.8) is 0 Å². The smallest absolute Gasteiger partial charge is 0.392 e. The van der Waals surface area contributed by atoms with Crippen molar-refractivity contribution in [2.24, 2.45) is 0 Å². The van der Waals surface area contributed by atoms with Gasteiger partial charge >= 0.3 is 12.1 Å². The molecule has 0 N–H and O–H groups in total. The molecule has 86 valence electrons. The lowest BCUT2D eigenvalue weighted by molar-refractivity contribution is -0.158. The summed E-state index contributed by atoms with van der Waals surface area (Å²) in [6, 6.07) is 0. The lowest BCUT2D eigenvalue weighted by atomic mass is 10.1. The summed E-state index contributed by atoms with van der Waals surface area (Å²) in [5.41, 5.74) is -1.21. The second-order valence-electron chi connectivity index (χ2n) is 3.62. The third-order valence-electron chi connectivity index (χ3n) is 1.89. The maximum absolute atomic E-state index is 12.0. The minimum absolute atomic E-state index is 0.0318. The van der Waals surface area contributed by atoms with Crippen molar-refractivity contribution in [1.29, 1.82) is 0 Å². The van der Waals surface area contributed by atoms with Crippen LogP contribution in [0.4, 0.5) is 13.2 Å². The van der Waals surface area contributed by atoms with Gasteiger partial charge in [0.1, 0.15) is 12.2 Å². The molecule has 1 unspecified atom stereocenters. The number of ether oxygens (including phenoxy) is 2. The van der Waals surface area contributed by atoms with E-state index in [9.17, 15) is 18.0 Å². The van der Waals surface area contributed by atoms with Crippen molar-refractivity contribution in [1.82, 2.24) is 0 Å². The second kappa shape index (κ2) is 3.84. The van der Waals surface area contributed by atoms with Crippen LogP contribution in [0.1, 0.15) is 13.3 Å². The SMILES string of the molecule is C=C(C)C(=O)OCC1(CC(F)(F)F)CO1. The van der Waals surface area contributed by atoms with Crippen LogP contribution >= 0.6 is 0 Å². The minimum atomic E-state index is -4.31. The topological polar surface area (TPSA) is 38.8 Å². The Hall–Kier alpha value is -1.04. The number of epoxide rings is 1. The molecule has 3 nitrogen and oxygen atoms in total. The van der Waals surface area contributed by atoms with Gasteiger partial charge in [-0.3, -0.25) is 0 Å². The van der Waals surface area contributed by atoms with E-state index >= 15 is 0 Å². The van der Waals surface area contributed by atoms with Crippen LogP contribution in [0.25, 0.3) is 0 Å². The Morgan fingerprint density at radius 3 is 2.47 bits per heavy atom. The van der Waals surface area contributed by atoms with Gasteiger partial charge in [-0.05, 0) is 6.92 Å². The molecule has 1 heterocycles. The molecule has 6 heteroatoms. The largest absolute Gasteiger partial charge is 0.459 e. The molecule has 0 radical (unpaired) electrons. The molecule has 0 aromatic rings. The Kier molecular flexibility index (Phi) is 3.08. The molecule has 1 aliphatic heterocycles. The van der Waals surface area contributed by atoms with Crippen LogP contribution in [0.2, 0.25) is 0 Å². The van der Waals surface area contributed by atoms with E-state index in [1.165, 1.54) is 6.92 Å². The van der Waals surface area contributed by atoms with Gasteiger partial charge in [-0.1, -0.05) is 6.58 Å². The molecule has 15 heavy (non-hydrogen) atoms. The minimum Gasteiger partial charge on any atom is -0.459 e. The fourth-order valence-corrected chi connectivity index (χ4v) is 1.02. The zero-order chi connectivity index (χ0) is 11.7. The number of hydrogen-bond acceptors (Lipinski definition) is 3. The first kappa shape index (κ1) is 12.0. The number of alkyl halides is 3. The normalized spacial score (nSPS) is 24.8. The highest BCUT2D eigenvalue weighted by Gasteiger charge is 2.53. The predicted octanol–water partition coefficient (Wildman–Crippen LogP) is 1.83. The lowest BCUT2D eigenvalue weighted by Crippen LogP contribution is -2.28. The van der Waals surface area contributed by atoms with E-state index in [2.05, 4.69) is 16.1 Å². The van der Waals surface area contributed by atoms with Crippen LogP contribution in [0.15, 0.2) is 12.2 Å². The van der Waals surface area contributed by atoms with E-state index in [0.717, 1.165) is 0 Å². The molecular weight excluding hydrogens is 213 g/mol. The molecule has 0 aromatic heterocycles. The van der Waals surface area contributed by atoms with Crippen LogP contribution in [0.5, 0.6) is 0 Å². The summed E-state index contributed by atoms with van der Waals surface area (Å²) in [5, 5.41) is 0. The van der Waals surface area contributed by atoms with Gasteiger partial charge in [0, 0.05) is 5.57 Å². The third kappa shape index (κ3) is 3.91. The molecule has 1 aliphatic rings. The maximum atomic E-state index is 12.0. The fourth-order valence-electron chi connectivity index (χ4n) is 1.02. The summed E-state index contributed by atoms with van der Waals surface area (Å²) >= 11 is 0. The van der Waals surface area contributed by atoms with Crippen LogP contribution in [-0.4, -0.2) is 31.0 Å². The average Bonchev–Trinajstić information content (AvgIpc) is 2.78. The monoisotopic (exact) mass is 224 g/mol. The van der Waals surface area contributed by atoms with Gasteiger partial charge in [-0.25, -0.2) is 4.79 Å². The first-order chi connectivity index (χ1) is 6.74. The standard InChI is InChI=1S/C9H11F3O3/c1-6(2)7(13)14-4-8(5-15-8)3-9(10,11)12/h1,3-5H2,2H3. The molecule has 0 saturated carbocycles. The first-order valence-electron chi connectivity index (χ1n) is 4.27. The number of hydrogen-bond donors (Lipinski definition) is 0. The zero-order valence-corrected chi connectivity index (χ0v) is 8.19. The molecule has 1 fully saturated rings. The molecule has 1 atom stereocenters. The fraction of sp³-hybridized carbons (Fsp3) is 0.667. The molecular formula is C9H11F3O3. The van der Waals surface area contributed by atoms with Crippen molar-refractivity contribution >= 4 is 5.97 Å². The lowest BCUT2D eigenvalue weighted by Gasteiger charge is -2.14. The quantitative estimate of drug-likeness (QED) is 0.415. The molecule has 0 aromatic carbocycles. The number of carbonyl (C=O) groups excluding carboxylic acids is 1. The number of carbonyl (C=O) groups is 1. The van der Waals surface area contributed by atoms with Gasteiger partial charge in [0.05, 0.1) is 13.0 Å². The third-order valence-corrected chi connectivity index (χ3v) is 1.89.